The van der Waals surface area contributed by atoms with Gasteiger partial charge in [-0.15, -0.1) is 11.3 Å². The van der Waals surface area contributed by atoms with Crippen molar-refractivity contribution < 1.29 is 9.26 Å². The number of hydrogen-bond acceptors (Lipinski definition) is 5. The average molecular weight is 250 g/mol. The van der Waals surface area contributed by atoms with Crippen molar-refractivity contribution in [1.29, 1.82) is 0 Å². The van der Waals surface area contributed by atoms with E-state index in [0.29, 0.717) is 0 Å². The highest BCUT2D eigenvalue weighted by molar-refractivity contribution is 7.10. The summed E-state index contributed by atoms with van der Waals surface area (Å²) in [5.74, 6) is 0.826. The van der Waals surface area contributed by atoms with Crippen LogP contribution in [0.25, 0.3) is 11.3 Å². The lowest BCUT2D eigenvalue weighted by atomic mass is 10.1. The van der Waals surface area contributed by atoms with Crippen LogP contribution in [0, 0.1) is 13.8 Å². The Kier molecular flexibility index (Phi) is 2.72. The summed E-state index contributed by atoms with van der Waals surface area (Å²) >= 11 is 1.66. The maximum Gasteiger partial charge on any atom is 0.143 e. The van der Waals surface area contributed by atoms with Crippen molar-refractivity contribution in [3.8, 4) is 11.3 Å². The molecule has 1 fully saturated rings. The van der Waals surface area contributed by atoms with E-state index in [2.05, 4.69) is 15.5 Å². The molecule has 0 spiro atoms. The summed E-state index contributed by atoms with van der Waals surface area (Å²) in [6.07, 6.45) is 2.40. The average Bonchev–Trinajstić information content (AvgIpc) is 2.98. The summed E-state index contributed by atoms with van der Waals surface area (Å²) in [6.45, 7) is 4.71. The van der Waals surface area contributed by atoms with Gasteiger partial charge in [-0.2, -0.15) is 0 Å². The number of rotatable bonds is 2. The second kappa shape index (κ2) is 4.23. The van der Waals surface area contributed by atoms with Crippen LogP contribution in [0.3, 0.4) is 0 Å². The van der Waals surface area contributed by atoms with Gasteiger partial charge in [-0.3, -0.25) is 0 Å². The van der Waals surface area contributed by atoms with Crippen LogP contribution < -0.4 is 0 Å². The van der Waals surface area contributed by atoms with E-state index in [9.17, 15) is 0 Å². The highest BCUT2D eigenvalue weighted by Gasteiger charge is 2.22. The standard InChI is InChI=1S/C12H14N2O2S/c1-7-11(8(2)16-14-7)9-6-17-12(13-9)10-4-3-5-15-10/h6,10H,3-5H2,1-2H3. The van der Waals surface area contributed by atoms with Gasteiger partial charge in [0.1, 0.15) is 16.9 Å². The van der Waals surface area contributed by atoms with Crippen molar-refractivity contribution in [2.75, 3.05) is 6.61 Å². The first-order chi connectivity index (χ1) is 8.25. The number of aryl methyl sites for hydroxylation is 2. The molecule has 0 bridgehead atoms. The molecule has 17 heavy (non-hydrogen) atoms. The van der Waals surface area contributed by atoms with Crippen molar-refractivity contribution in [2.24, 2.45) is 0 Å². The fourth-order valence-electron chi connectivity index (χ4n) is 2.17. The lowest BCUT2D eigenvalue weighted by Crippen LogP contribution is -1.94. The summed E-state index contributed by atoms with van der Waals surface area (Å²) in [5.41, 5.74) is 2.87. The van der Waals surface area contributed by atoms with Crippen LogP contribution in [-0.4, -0.2) is 16.7 Å². The van der Waals surface area contributed by atoms with Crippen LogP contribution in [0.4, 0.5) is 0 Å². The predicted molar refractivity (Wildman–Crippen MR) is 65.0 cm³/mol. The van der Waals surface area contributed by atoms with Gasteiger partial charge in [0, 0.05) is 12.0 Å². The fraction of sp³-hybridized carbons (Fsp3) is 0.500. The zero-order valence-electron chi connectivity index (χ0n) is 9.90. The van der Waals surface area contributed by atoms with E-state index >= 15 is 0 Å². The molecule has 0 saturated carbocycles. The number of nitrogens with zero attached hydrogens (tertiary/aromatic N) is 2. The fourth-order valence-corrected chi connectivity index (χ4v) is 3.06. The van der Waals surface area contributed by atoms with Gasteiger partial charge in [-0.1, -0.05) is 5.16 Å². The largest absolute Gasteiger partial charge is 0.371 e. The smallest absolute Gasteiger partial charge is 0.143 e. The van der Waals surface area contributed by atoms with E-state index in [1.165, 1.54) is 0 Å². The van der Waals surface area contributed by atoms with Crippen LogP contribution in [0.2, 0.25) is 0 Å². The zero-order valence-corrected chi connectivity index (χ0v) is 10.7. The third-order valence-electron chi connectivity index (χ3n) is 3.02. The molecule has 0 aromatic carbocycles. The first kappa shape index (κ1) is 10.9. The highest BCUT2D eigenvalue weighted by atomic mass is 32.1. The third-order valence-corrected chi connectivity index (χ3v) is 3.95. The minimum Gasteiger partial charge on any atom is -0.371 e. The molecule has 4 nitrogen and oxygen atoms in total. The Bertz CT molecular complexity index is 507. The van der Waals surface area contributed by atoms with Gasteiger partial charge < -0.3 is 9.26 Å². The van der Waals surface area contributed by atoms with Crippen molar-refractivity contribution in [3.63, 3.8) is 0 Å². The SMILES string of the molecule is Cc1noc(C)c1-c1csc(C2CCCO2)n1. The van der Waals surface area contributed by atoms with Gasteiger partial charge in [0.2, 0.25) is 0 Å². The second-order valence-corrected chi connectivity index (χ2v) is 5.16. The predicted octanol–water partition coefficient (Wildman–Crippen LogP) is 3.27. The maximum atomic E-state index is 5.64. The molecule has 90 valence electrons. The highest BCUT2D eigenvalue weighted by Crippen LogP contribution is 2.34. The van der Waals surface area contributed by atoms with E-state index in [1.807, 2.05) is 13.8 Å². The van der Waals surface area contributed by atoms with Gasteiger partial charge in [0.25, 0.3) is 0 Å². The van der Waals surface area contributed by atoms with Crippen molar-refractivity contribution in [2.45, 2.75) is 32.8 Å². The maximum absolute atomic E-state index is 5.64. The Morgan fingerprint density at radius 1 is 1.41 bits per heavy atom. The summed E-state index contributed by atoms with van der Waals surface area (Å²) in [7, 11) is 0. The molecular formula is C12H14N2O2S. The molecule has 3 heterocycles. The molecule has 2 aromatic rings. The topological polar surface area (TPSA) is 48.2 Å². The van der Waals surface area contributed by atoms with E-state index in [1.54, 1.807) is 11.3 Å². The lowest BCUT2D eigenvalue weighted by Gasteiger charge is -2.03. The molecule has 0 radical (unpaired) electrons. The summed E-state index contributed by atoms with van der Waals surface area (Å²) < 4.78 is 10.8. The van der Waals surface area contributed by atoms with Crippen molar-refractivity contribution in [3.05, 3.63) is 21.8 Å². The minimum absolute atomic E-state index is 0.189. The molecule has 0 amide bonds. The Morgan fingerprint density at radius 2 is 2.29 bits per heavy atom. The summed E-state index contributed by atoms with van der Waals surface area (Å²) in [4.78, 5) is 4.65. The molecule has 1 aliphatic rings. The van der Waals surface area contributed by atoms with E-state index in [4.69, 9.17) is 9.26 Å². The zero-order chi connectivity index (χ0) is 11.8. The van der Waals surface area contributed by atoms with Gasteiger partial charge in [-0.25, -0.2) is 4.98 Å². The lowest BCUT2D eigenvalue weighted by molar-refractivity contribution is 0.112. The molecule has 0 aliphatic carbocycles. The monoisotopic (exact) mass is 250 g/mol. The van der Waals surface area contributed by atoms with Gasteiger partial charge in [0.15, 0.2) is 0 Å². The molecule has 3 rings (SSSR count). The van der Waals surface area contributed by atoms with Gasteiger partial charge in [0.05, 0.1) is 17.0 Å². The molecule has 0 N–H and O–H groups in total. The van der Waals surface area contributed by atoms with Crippen LogP contribution in [0.15, 0.2) is 9.90 Å². The Morgan fingerprint density at radius 3 is 2.94 bits per heavy atom. The van der Waals surface area contributed by atoms with Crippen LogP contribution in [0.5, 0.6) is 0 Å². The third kappa shape index (κ3) is 1.89. The van der Waals surface area contributed by atoms with Gasteiger partial charge >= 0.3 is 0 Å². The molecule has 1 saturated heterocycles. The van der Waals surface area contributed by atoms with Crippen LogP contribution in [-0.2, 0) is 4.74 Å². The summed E-state index contributed by atoms with van der Waals surface area (Å²) in [5, 5.41) is 7.08. The van der Waals surface area contributed by atoms with E-state index in [-0.39, 0.29) is 6.10 Å². The molecular weight excluding hydrogens is 236 g/mol. The first-order valence-corrected chi connectivity index (χ1v) is 6.64. The van der Waals surface area contributed by atoms with E-state index < -0.39 is 0 Å². The Hall–Kier alpha value is -1.20. The molecule has 1 unspecified atom stereocenters. The molecule has 1 atom stereocenters. The summed E-state index contributed by atoms with van der Waals surface area (Å²) in [6, 6.07) is 0. The van der Waals surface area contributed by atoms with E-state index in [0.717, 1.165) is 47.2 Å². The number of hydrogen-bond donors (Lipinski definition) is 0. The normalized spacial score (nSPS) is 20.0. The first-order valence-electron chi connectivity index (χ1n) is 5.76. The van der Waals surface area contributed by atoms with Crippen LogP contribution in [0.1, 0.15) is 35.4 Å². The van der Waals surface area contributed by atoms with Crippen molar-refractivity contribution >= 4 is 11.3 Å². The number of aromatic nitrogens is 2. The molecule has 1 aliphatic heterocycles. The molecule has 5 heteroatoms. The minimum atomic E-state index is 0.189. The molecule has 2 aromatic heterocycles. The number of ether oxygens (including phenoxy) is 1. The number of thiazole rings is 1. The van der Waals surface area contributed by atoms with Crippen molar-refractivity contribution in [1.82, 2.24) is 10.1 Å². The Balaban J connectivity index is 1.94. The van der Waals surface area contributed by atoms with Gasteiger partial charge in [-0.05, 0) is 26.7 Å². The van der Waals surface area contributed by atoms with Crippen LogP contribution >= 0.6 is 11.3 Å². The quantitative estimate of drug-likeness (QED) is 0.820. The second-order valence-electron chi connectivity index (χ2n) is 4.27. The Labute approximate surface area is 104 Å².